The van der Waals surface area contributed by atoms with Gasteiger partial charge < -0.3 is 119 Å². The number of aliphatic carboxylic acids is 1. The fourth-order valence-corrected chi connectivity index (χ4v) is 16.5. The van der Waals surface area contributed by atoms with E-state index in [0.717, 1.165) is 26.5 Å². The van der Waals surface area contributed by atoms with Gasteiger partial charge >= 0.3 is 5.97 Å². The summed E-state index contributed by atoms with van der Waals surface area (Å²) < 4.78 is 0. The normalized spacial score (nSPS) is 25.9. The highest BCUT2D eigenvalue weighted by Crippen LogP contribution is 2.28. The van der Waals surface area contributed by atoms with Crippen molar-refractivity contribution in [3.8, 4) is 5.75 Å². The number of carbonyl (C=O) groups excluding carboxylic acids is 15. The number of primary amides is 1. The fraction of sp³-hybridized carbons (Fsp3) is 0.553. The van der Waals surface area contributed by atoms with Crippen molar-refractivity contribution in [2.24, 2.45) is 11.7 Å². The Balaban J connectivity index is 1.15. The number of unbranched alkanes of at least 4 members (excludes halogenated alkanes) is 2. The lowest BCUT2D eigenvalue weighted by Gasteiger charge is -2.37. The van der Waals surface area contributed by atoms with Crippen LogP contribution in [0.15, 0.2) is 85.2 Å². The molecule has 2 aromatic heterocycles. The second-order valence-electron chi connectivity index (χ2n) is 32.6. The molecule has 3 saturated heterocycles. The predicted molar refractivity (Wildman–Crippen MR) is 461 cm³/mol. The molecule has 0 saturated carbocycles. The number of aliphatic hydroxyl groups excluding tert-OH is 4. The summed E-state index contributed by atoms with van der Waals surface area (Å²) in [6.07, 6.45) is 2.39. The van der Waals surface area contributed by atoms with E-state index in [1.807, 2.05) is 26.0 Å². The van der Waals surface area contributed by atoms with Crippen molar-refractivity contribution in [3.63, 3.8) is 0 Å². The van der Waals surface area contributed by atoms with E-state index in [0.29, 0.717) is 70.6 Å². The maximum atomic E-state index is 15.6. The summed E-state index contributed by atoms with van der Waals surface area (Å²) in [4.78, 5) is 242. The summed E-state index contributed by atoms with van der Waals surface area (Å²) in [7, 11) is 4.33. The average Bonchev–Trinajstić information content (AvgIpc) is 1.71. The van der Waals surface area contributed by atoms with Gasteiger partial charge in [-0.3, -0.25) is 81.6 Å². The van der Waals surface area contributed by atoms with Crippen LogP contribution in [-0.4, -0.2) is 329 Å². The Kier molecular flexibility index (Phi) is 37.6. The topological polar surface area (TPSA) is 589 Å². The number of nitrogens with zero attached hydrogens (tertiary/aromatic N) is 5. The number of para-hydroxylation sites is 2. The smallest absolute Gasteiger partial charge is 0.305 e. The molecule has 0 spiro atoms. The number of hydrogen-bond donors (Lipinski definition) is 19. The molecule has 688 valence electrons. The molecule has 20 N–H and O–H groups in total. The van der Waals surface area contributed by atoms with Crippen LogP contribution in [0.4, 0.5) is 0 Å². The highest BCUT2D eigenvalue weighted by atomic mass is 32.2. The van der Waals surface area contributed by atoms with Gasteiger partial charge in [0.25, 0.3) is 0 Å². The highest BCUT2D eigenvalue weighted by Gasteiger charge is 2.46. The minimum Gasteiger partial charge on any atom is -0.508 e. The number of hydrogen-bond acceptors (Lipinski definition) is 23. The van der Waals surface area contributed by atoms with E-state index in [1.165, 1.54) is 50.2 Å². The maximum Gasteiger partial charge on any atom is 0.305 e. The Morgan fingerprint density at radius 2 is 1.06 bits per heavy atom. The van der Waals surface area contributed by atoms with E-state index in [9.17, 15) is 83.4 Å². The average molecular weight is 1780 g/mol. The first-order chi connectivity index (χ1) is 60.0. The molecule has 5 heterocycles. The van der Waals surface area contributed by atoms with E-state index < -0.39 is 243 Å². The number of carboxylic acid groups (broad SMARTS) is 1. The summed E-state index contributed by atoms with van der Waals surface area (Å²) in [6, 6.07) is -1.68. The van der Waals surface area contributed by atoms with Crippen LogP contribution in [0.2, 0.25) is 0 Å². The zero-order valence-electron chi connectivity index (χ0n) is 72.0. The van der Waals surface area contributed by atoms with Crippen LogP contribution in [-0.2, 0) is 96.0 Å². The van der Waals surface area contributed by atoms with E-state index in [1.54, 1.807) is 74.6 Å². The minimum absolute atomic E-state index is 0.00981. The van der Waals surface area contributed by atoms with Gasteiger partial charge in [-0.15, -0.1) is 11.8 Å². The number of rotatable bonds is 22. The lowest BCUT2D eigenvalue weighted by atomic mass is 10.0. The van der Waals surface area contributed by atoms with Gasteiger partial charge in [0.1, 0.15) is 78.3 Å². The summed E-state index contributed by atoms with van der Waals surface area (Å²) in [6.45, 7) is 3.91. The van der Waals surface area contributed by atoms with Gasteiger partial charge in [-0.05, 0) is 92.9 Å². The number of nitrogens with two attached hydrogens (primary N) is 1. The van der Waals surface area contributed by atoms with Gasteiger partial charge in [-0.2, -0.15) is 0 Å². The van der Waals surface area contributed by atoms with Crippen LogP contribution >= 0.6 is 11.8 Å². The van der Waals surface area contributed by atoms with E-state index in [2.05, 4.69) is 63.1 Å². The Morgan fingerprint density at radius 3 is 1.63 bits per heavy atom. The molecule has 15 atom stereocenters. The number of likely N-dealkylation sites (N-methyl/N-ethyl adjacent to an activating group) is 3. The fourth-order valence-electron chi connectivity index (χ4n) is 15.6. The Bertz CT molecular complexity index is 4680. The summed E-state index contributed by atoms with van der Waals surface area (Å²) in [5.41, 5.74) is 8.15. The first kappa shape index (κ1) is 99.6. The Morgan fingerprint density at radius 1 is 0.556 bits per heavy atom. The molecule has 5 aromatic rings. The summed E-state index contributed by atoms with van der Waals surface area (Å²) in [5, 5.41) is 91.2. The van der Waals surface area contributed by atoms with Gasteiger partial charge in [0.2, 0.25) is 88.6 Å². The maximum absolute atomic E-state index is 15.6. The van der Waals surface area contributed by atoms with Crippen molar-refractivity contribution in [3.05, 3.63) is 102 Å². The SMILES string of the molecule is CCCCC1C(=O)NC(CO)C(=O)NC(C(=O)NCC(N)=O)CSCC(=O)NC(Cc2ccc(O)cc2)C(=O)N(C)C(C)C(=O)NC(CC(=O)O)C(=O)N2CCCC2C(=O)NC(CO)C(=O)NC(CC(C)C)C(=O)N2CC(O)CC2C(=O)NC(Cc2c[nH]c3ccccc23)C(=O)NC(CO)C(=O)NC(Cc2c[nH]c3ccccc23)C(=O)N(C)C(CCCC)CN1C. The first-order valence-corrected chi connectivity index (χ1v) is 43.5. The number of benzene rings is 3. The van der Waals surface area contributed by atoms with Crippen LogP contribution in [0.25, 0.3) is 21.8 Å². The van der Waals surface area contributed by atoms with Crippen molar-refractivity contribution in [2.75, 3.05) is 78.6 Å². The number of aromatic hydroxyl groups is 1. The quantitative estimate of drug-likeness (QED) is 0.0326. The van der Waals surface area contributed by atoms with Gasteiger partial charge in [-0.25, -0.2) is 0 Å². The zero-order valence-corrected chi connectivity index (χ0v) is 72.8. The monoisotopic (exact) mass is 1780 g/mol. The standard InChI is InChI=1S/C85H120N18O22S/c1-9-11-18-51-39-99(6)67(23-12-10-2)79(119)96-65(43-106)78(118)98-66(74(114)89-38-70(86)109)44-126-45-71(110)90-60(31-48-25-27-52(107)28-26-48)82(122)100(7)47(5)73(113)92-62(35-72(111)112)84(124)102-29-17-24-68(102)80(120)97-64(42-105)77(117)93-59(30-46(3)4)85(125)103-40-53(108)34-69(103)81(121)91-58(32-49-36-87-56-21-15-13-19-54(49)56)75(115)95-63(41-104)76(116)94-61(83(123)101(51)8)33-50-37-88-57-22-16-14-20-55(50)57/h13-16,19-22,25-28,36-37,46-47,51,53,58-69,87-88,104-108H,9-12,17-18,23-24,29-35,38-45H2,1-8H3,(H2,86,109)(H,89,114)(H,90,110)(H,91,121)(H,92,113)(H,93,117)(H,94,116)(H,95,115)(H,96,119)(H,97,120)(H,98,118)(H,111,112). The number of amides is 15. The second kappa shape index (κ2) is 47.5. The third-order valence-corrected chi connectivity index (χ3v) is 23.8. The van der Waals surface area contributed by atoms with E-state index >= 15 is 24.0 Å². The lowest BCUT2D eigenvalue weighted by molar-refractivity contribution is -0.147. The molecule has 8 rings (SSSR count). The highest BCUT2D eigenvalue weighted by molar-refractivity contribution is 8.00. The molecule has 40 nitrogen and oxygen atoms in total. The molecule has 0 bridgehead atoms. The van der Waals surface area contributed by atoms with Crippen molar-refractivity contribution in [1.29, 1.82) is 0 Å². The van der Waals surface area contributed by atoms with E-state index in [-0.39, 0.29) is 69.7 Å². The van der Waals surface area contributed by atoms with Crippen molar-refractivity contribution >= 4 is 128 Å². The number of phenolic OH excluding ortho intramolecular Hbond substituents is 1. The molecule has 3 aliphatic heterocycles. The molecule has 126 heavy (non-hydrogen) atoms. The largest absolute Gasteiger partial charge is 0.508 e. The van der Waals surface area contributed by atoms with Gasteiger partial charge in [0, 0.05) is 105 Å². The molecular weight excluding hydrogens is 1660 g/mol. The number of aromatic nitrogens is 2. The van der Waals surface area contributed by atoms with Gasteiger partial charge in [0.05, 0.1) is 50.7 Å². The Hall–Kier alpha value is -11.8. The molecule has 3 aliphatic rings. The third kappa shape index (κ3) is 27.4. The van der Waals surface area contributed by atoms with Gasteiger partial charge in [-0.1, -0.05) is 102 Å². The van der Waals surface area contributed by atoms with Crippen molar-refractivity contribution in [2.45, 2.75) is 215 Å². The molecule has 41 heteroatoms. The summed E-state index contributed by atoms with van der Waals surface area (Å²) >= 11 is 0.748. The zero-order chi connectivity index (χ0) is 92.3. The number of nitrogens with one attached hydrogen (secondary N) is 12. The molecule has 0 radical (unpaired) electrons. The number of phenols is 1. The number of carboxylic acids is 1. The van der Waals surface area contributed by atoms with Crippen molar-refractivity contribution in [1.82, 2.24) is 87.6 Å². The van der Waals surface area contributed by atoms with Crippen LogP contribution < -0.4 is 58.9 Å². The van der Waals surface area contributed by atoms with Gasteiger partial charge in [0.15, 0.2) is 0 Å². The second-order valence-corrected chi connectivity index (χ2v) is 33.7. The first-order valence-electron chi connectivity index (χ1n) is 42.3. The molecule has 3 aromatic carbocycles. The number of fused-ring (bicyclic) bond motifs is 4. The van der Waals surface area contributed by atoms with Crippen molar-refractivity contribution < 1.29 is 107 Å². The molecular formula is C85H120N18O22S. The third-order valence-electron chi connectivity index (χ3n) is 22.8. The molecule has 3 fully saturated rings. The van der Waals surface area contributed by atoms with Crippen LogP contribution in [0.3, 0.4) is 0 Å². The number of thioether (sulfide) groups is 1. The van der Waals surface area contributed by atoms with E-state index in [4.69, 9.17) is 5.73 Å². The number of carbonyl (C=O) groups is 16. The molecule has 15 amide bonds. The number of aliphatic hydroxyl groups is 4. The molecule has 0 aliphatic carbocycles. The van der Waals surface area contributed by atoms with Crippen LogP contribution in [0, 0.1) is 5.92 Å². The summed E-state index contributed by atoms with van der Waals surface area (Å²) in [5.74, 6) is -17.6. The van der Waals surface area contributed by atoms with Crippen LogP contribution in [0.5, 0.6) is 5.75 Å². The predicted octanol–water partition coefficient (Wildman–Crippen LogP) is -3.10. The lowest BCUT2D eigenvalue weighted by Crippen LogP contribution is -2.61. The Labute approximate surface area is 732 Å². The number of H-pyrrole nitrogens is 2. The molecule has 15 unspecified atom stereocenters. The van der Waals surface area contributed by atoms with Crippen LogP contribution in [0.1, 0.15) is 122 Å². The minimum atomic E-state index is -1.91. The number of aromatic amines is 2.